The molecule has 0 N–H and O–H groups in total. The van der Waals surface area contributed by atoms with Gasteiger partial charge < -0.3 is 9.80 Å². The number of carbonyl (C=O) groups excluding carboxylic acids is 2. The third-order valence-electron chi connectivity index (χ3n) is 3.93. The first-order chi connectivity index (χ1) is 7.53. The molecular formula is C11H19N3O2. The highest BCUT2D eigenvalue weighted by atomic mass is 16.2. The van der Waals surface area contributed by atoms with Crippen LogP contribution in [0.5, 0.6) is 0 Å². The number of piperidine rings is 1. The van der Waals surface area contributed by atoms with Gasteiger partial charge in [0.25, 0.3) is 5.91 Å². The normalized spacial score (nSPS) is 25.9. The molecule has 0 saturated carbocycles. The number of likely N-dealkylation sites (N-methyl/N-ethyl adjacent to an activating group) is 2. The standard InChI is InChI=1S/C11H19N3O2/c1-4-14-9(15)11(13(3)10(14)16)5-7-12(2)8-6-11/h4-8H2,1-3H3. The molecule has 0 unspecified atom stereocenters. The minimum absolute atomic E-state index is 0.00407. The van der Waals surface area contributed by atoms with Gasteiger partial charge in [0.2, 0.25) is 0 Å². The Morgan fingerprint density at radius 1 is 1.19 bits per heavy atom. The summed E-state index contributed by atoms with van der Waals surface area (Å²) in [5, 5.41) is 0. The van der Waals surface area contributed by atoms with E-state index in [2.05, 4.69) is 4.90 Å². The van der Waals surface area contributed by atoms with Gasteiger partial charge in [-0.15, -0.1) is 0 Å². The predicted molar refractivity (Wildman–Crippen MR) is 60.0 cm³/mol. The monoisotopic (exact) mass is 225 g/mol. The van der Waals surface area contributed by atoms with E-state index in [1.54, 1.807) is 11.9 Å². The summed E-state index contributed by atoms with van der Waals surface area (Å²) in [5.74, 6) is -0.00407. The van der Waals surface area contributed by atoms with Crippen molar-refractivity contribution in [3.63, 3.8) is 0 Å². The van der Waals surface area contributed by atoms with Crippen molar-refractivity contribution < 1.29 is 9.59 Å². The number of hydrogen-bond donors (Lipinski definition) is 0. The van der Waals surface area contributed by atoms with Crippen LogP contribution in [0.25, 0.3) is 0 Å². The van der Waals surface area contributed by atoms with E-state index in [1.807, 2.05) is 14.0 Å². The second-order valence-corrected chi connectivity index (χ2v) is 4.73. The van der Waals surface area contributed by atoms with E-state index in [1.165, 1.54) is 4.90 Å². The average molecular weight is 225 g/mol. The van der Waals surface area contributed by atoms with Crippen LogP contribution in [0.2, 0.25) is 0 Å². The number of urea groups is 1. The van der Waals surface area contributed by atoms with Crippen LogP contribution >= 0.6 is 0 Å². The lowest BCUT2D eigenvalue weighted by atomic mass is 9.86. The van der Waals surface area contributed by atoms with Crippen molar-refractivity contribution in [2.75, 3.05) is 33.7 Å². The van der Waals surface area contributed by atoms with Gasteiger partial charge in [-0.3, -0.25) is 9.69 Å². The van der Waals surface area contributed by atoms with Gasteiger partial charge in [-0.2, -0.15) is 0 Å². The highest BCUT2D eigenvalue weighted by Crippen LogP contribution is 2.35. The van der Waals surface area contributed by atoms with Crippen LogP contribution in [0, 0.1) is 0 Å². The highest BCUT2D eigenvalue weighted by molar-refractivity contribution is 6.06. The van der Waals surface area contributed by atoms with Crippen LogP contribution in [-0.4, -0.2) is 65.9 Å². The Bertz CT molecular complexity index is 321. The molecule has 3 amide bonds. The molecule has 2 heterocycles. The zero-order valence-electron chi connectivity index (χ0n) is 10.2. The smallest absolute Gasteiger partial charge is 0.312 e. The molecule has 2 fully saturated rings. The fourth-order valence-electron chi connectivity index (χ4n) is 2.66. The first-order valence-electron chi connectivity index (χ1n) is 5.81. The fourth-order valence-corrected chi connectivity index (χ4v) is 2.66. The Morgan fingerprint density at radius 3 is 2.19 bits per heavy atom. The Kier molecular flexibility index (Phi) is 2.66. The van der Waals surface area contributed by atoms with Gasteiger partial charge in [0.05, 0.1) is 0 Å². The zero-order chi connectivity index (χ0) is 11.9. The number of rotatable bonds is 1. The number of hydrogen-bond acceptors (Lipinski definition) is 3. The van der Waals surface area contributed by atoms with E-state index in [4.69, 9.17) is 0 Å². The molecule has 2 saturated heterocycles. The molecule has 1 spiro atoms. The Labute approximate surface area is 96.0 Å². The molecule has 0 aliphatic carbocycles. The van der Waals surface area contributed by atoms with Crippen molar-refractivity contribution in [3.05, 3.63) is 0 Å². The SMILES string of the molecule is CCN1C(=O)N(C)C2(CCN(C)CC2)C1=O. The summed E-state index contributed by atoms with van der Waals surface area (Å²) in [6.45, 7) is 4.07. The van der Waals surface area contributed by atoms with Crippen LogP contribution in [0.4, 0.5) is 4.79 Å². The topological polar surface area (TPSA) is 43.9 Å². The minimum atomic E-state index is -0.556. The van der Waals surface area contributed by atoms with Crippen LogP contribution in [0.1, 0.15) is 19.8 Å². The van der Waals surface area contributed by atoms with Gasteiger partial charge >= 0.3 is 6.03 Å². The van der Waals surface area contributed by atoms with Crippen molar-refractivity contribution in [2.45, 2.75) is 25.3 Å². The van der Waals surface area contributed by atoms with Crippen LogP contribution in [0.3, 0.4) is 0 Å². The molecule has 0 bridgehead atoms. The van der Waals surface area contributed by atoms with Gasteiger partial charge in [-0.1, -0.05) is 0 Å². The van der Waals surface area contributed by atoms with Crippen molar-refractivity contribution >= 4 is 11.9 Å². The number of imide groups is 1. The summed E-state index contributed by atoms with van der Waals surface area (Å²) in [4.78, 5) is 29.4. The van der Waals surface area contributed by atoms with Crippen LogP contribution in [-0.2, 0) is 4.79 Å². The first-order valence-corrected chi connectivity index (χ1v) is 5.81. The van der Waals surface area contributed by atoms with E-state index in [9.17, 15) is 9.59 Å². The molecule has 5 nitrogen and oxygen atoms in total. The lowest BCUT2D eigenvalue weighted by Crippen LogP contribution is -2.54. The number of nitrogens with zero attached hydrogens (tertiary/aromatic N) is 3. The summed E-state index contributed by atoms with van der Waals surface area (Å²) in [6.07, 6.45) is 1.50. The zero-order valence-corrected chi connectivity index (χ0v) is 10.2. The lowest BCUT2D eigenvalue weighted by molar-refractivity contribution is -0.134. The summed E-state index contributed by atoms with van der Waals surface area (Å²) < 4.78 is 0. The second kappa shape index (κ2) is 3.73. The van der Waals surface area contributed by atoms with Gasteiger partial charge in [0.15, 0.2) is 0 Å². The van der Waals surface area contributed by atoms with Gasteiger partial charge in [0.1, 0.15) is 5.54 Å². The third-order valence-corrected chi connectivity index (χ3v) is 3.93. The second-order valence-electron chi connectivity index (χ2n) is 4.73. The highest BCUT2D eigenvalue weighted by Gasteiger charge is 2.55. The number of amides is 3. The summed E-state index contributed by atoms with van der Waals surface area (Å²) in [5.41, 5.74) is -0.556. The van der Waals surface area contributed by atoms with Gasteiger partial charge in [0, 0.05) is 26.7 Å². The maximum absolute atomic E-state index is 12.3. The van der Waals surface area contributed by atoms with Gasteiger partial charge in [-0.25, -0.2) is 4.79 Å². The number of likely N-dealkylation sites (tertiary alicyclic amines) is 1. The maximum atomic E-state index is 12.3. The quantitative estimate of drug-likeness (QED) is 0.605. The Balaban J connectivity index is 2.27. The van der Waals surface area contributed by atoms with Crippen molar-refractivity contribution in [1.82, 2.24) is 14.7 Å². The molecule has 0 aromatic rings. The Hall–Kier alpha value is -1.10. The number of carbonyl (C=O) groups is 2. The molecule has 5 heteroatoms. The van der Waals surface area contributed by atoms with Crippen molar-refractivity contribution in [3.8, 4) is 0 Å². The van der Waals surface area contributed by atoms with E-state index in [0.29, 0.717) is 6.54 Å². The van der Waals surface area contributed by atoms with Crippen LogP contribution < -0.4 is 0 Å². The predicted octanol–water partition coefficient (Wildman–Crippen LogP) is 0.365. The summed E-state index contributed by atoms with van der Waals surface area (Å²) in [6, 6.07) is -0.142. The fraction of sp³-hybridized carbons (Fsp3) is 0.818. The van der Waals surface area contributed by atoms with E-state index in [0.717, 1.165) is 25.9 Å². The molecule has 16 heavy (non-hydrogen) atoms. The minimum Gasteiger partial charge on any atom is -0.312 e. The first kappa shape index (κ1) is 11.4. The Morgan fingerprint density at radius 2 is 1.75 bits per heavy atom. The molecule has 0 aromatic heterocycles. The van der Waals surface area contributed by atoms with Crippen LogP contribution in [0.15, 0.2) is 0 Å². The molecular weight excluding hydrogens is 206 g/mol. The van der Waals surface area contributed by atoms with Gasteiger partial charge in [-0.05, 0) is 26.8 Å². The van der Waals surface area contributed by atoms with E-state index in [-0.39, 0.29) is 11.9 Å². The maximum Gasteiger partial charge on any atom is 0.327 e. The van der Waals surface area contributed by atoms with Crippen molar-refractivity contribution in [2.24, 2.45) is 0 Å². The molecule has 2 rings (SSSR count). The largest absolute Gasteiger partial charge is 0.327 e. The lowest BCUT2D eigenvalue weighted by Gasteiger charge is -2.39. The molecule has 2 aliphatic rings. The molecule has 0 radical (unpaired) electrons. The van der Waals surface area contributed by atoms with Crippen molar-refractivity contribution in [1.29, 1.82) is 0 Å². The summed E-state index contributed by atoms with van der Waals surface area (Å²) in [7, 11) is 3.80. The molecule has 0 atom stereocenters. The average Bonchev–Trinajstić information content (AvgIpc) is 2.45. The summed E-state index contributed by atoms with van der Waals surface area (Å²) >= 11 is 0. The molecule has 2 aliphatic heterocycles. The van der Waals surface area contributed by atoms with E-state index >= 15 is 0 Å². The molecule has 90 valence electrons. The third kappa shape index (κ3) is 1.34. The van der Waals surface area contributed by atoms with E-state index < -0.39 is 5.54 Å². The molecule has 0 aromatic carbocycles.